The predicted molar refractivity (Wildman–Crippen MR) is 47.0 cm³/mol. The fourth-order valence-electron chi connectivity index (χ4n) is 1.23. The third-order valence-electron chi connectivity index (χ3n) is 1.92. The van der Waals surface area contributed by atoms with Crippen LogP contribution in [0, 0.1) is 0 Å². The van der Waals surface area contributed by atoms with Gasteiger partial charge in [0.15, 0.2) is 11.5 Å². The van der Waals surface area contributed by atoms with Crippen molar-refractivity contribution in [2.24, 2.45) is 0 Å². The van der Waals surface area contributed by atoms with Crippen molar-refractivity contribution in [2.75, 3.05) is 6.79 Å². The van der Waals surface area contributed by atoms with Crippen molar-refractivity contribution in [3.63, 3.8) is 0 Å². The van der Waals surface area contributed by atoms with Gasteiger partial charge in [0, 0.05) is 11.1 Å². The van der Waals surface area contributed by atoms with Crippen molar-refractivity contribution in [1.29, 1.82) is 0 Å². The number of ether oxygens (including phenoxy) is 2. The second kappa shape index (κ2) is 2.87. The van der Waals surface area contributed by atoms with Crippen LogP contribution in [-0.4, -0.2) is 6.79 Å². The summed E-state index contributed by atoms with van der Waals surface area (Å²) in [6.45, 7) is 2.36. The highest BCUT2D eigenvalue weighted by atomic mass is 35.5. The number of hydrogen-bond acceptors (Lipinski definition) is 2. The Morgan fingerprint density at radius 2 is 2.00 bits per heavy atom. The van der Waals surface area contributed by atoms with E-state index in [4.69, 9.17) is 21.1 Å². The Balaban J connectivity index is 2.49. The zero-order valence-corrected chi connectivity index (χ0v) is 7.52. The van der Waals surface area contributed by atoms with Gasteiger partial charge >= 0.3 is 0 Å². The van der Waals surface area contributed by atoms with Crippen LogP contribution in [0.4, 0.5) is 0 Å². The summed E-state index contributed by atoms with van der Waals surface area (Å²) in [6.07, 6.45) is 0.912. The molecule has 0 radical (unpaired) electrons. The Hall–Kier alpha value is -0.890. The molecule has 0 saturated carbocycles. The fraction of sp³-hybridized carbons (Fsp3) is 0.333. The van der Waals surface area contributed by atoms with Crippen LogP contribution in [0.15, 0.2) is 12.1 Å². The third-order valence-corrected chi connectivity index (χ3v) is 2.27. The number of halogens is 1. The molecule has 0 N–H and O–H groups in total. The first kappa shape index (κ1) is 7.74. The lowest BCUT2D eigenvalue weighted by atomic mass is 10.1. The average molecular weight is 185 g/mol. The van der Waals surface area contributed by atoms with E-state index in [1.807, 2.05) is 12.1 Å². The van der Waals surface area contributed by atoms with E-state index in [0.29, 0.717) is 6.79 Å². The molecule has 0 spiro atoms. The van der Waals surface area contributed by atoms with Gasteiger partial charge < -0.3 is 9.47 Å². The maximum Gasteiger partial charge on any atom is 0.231 e. The summed E-state index contributed by atoms with van der Waals surface area (Å²) in [4.78, 5) is 0. The minimum atomic E-state index is 0.304. The lowest BCUT2D eigenvalue weighted by Crippen LogP contribution is -1.92. The fourth-order valence-corrected chi connectivity index (χ4v) is 1.52. The summed E-state index contributed by atoms with van der Waals surface area (Å²) in [5.41, 5.74) is 1.10. The molecule has 0 saturated heterocycles. The second-order valence-electron chi connectivity index (χ2n) is 2.65. The molecule has 0 bridgehead atoms. The highest BCUT2D eigenvalue weighted by Crippen LogP contribution is 2.36. The molecule has 64 valence electrons. The van der Waals surface area contributed by atoms with Crippen LogP contribution in [-0.2, 0) is 6.42 Å². The van der Waals surface area contributed by atoms with Crippen LogP contribution in [0.2, 0.25) is 5.02 Å². The molecule has 3 heteroatoms. The largest absolute Gasteiger partial charge is 0.454 e. The minimum Gasteiger partial charge on any atom is -0.454 e. The Kier molecular flexibility index (Phi) is 1.85. The number of aryl methyl sites for hydroxylation is 1. The van der Waals surface area contributed by atoms with E-state index in [1.165, 1.54) is 0 Å². The molecule has 1 aromatic rings. The summed E-state index contributed by atoms with van der Waals surface area (Å²) in [7, 11) is 0. The van der Waals surface area contributed by atoms with E-state index in [0.717, 1.165) is 28.5 Å². The summed E-state index contributed by atoms with van der Waals surface area (Å²) < 4.78 is 10.4. The van der Waals surface area contributed by atoms with Crippen LogP contribution < -0.4 is 9.47 Å². The van der Waals surface area contributed by atoms with Crippen molar-refractivity contribution in [2.45, 2.75) is 13.3 Å². The zero-order chi connectivity index (χ0) is 8.55. The van der Waals surface area contributed by atoms with Crippen LogP contribution in [0.1, 0.15) is 12.5 Å². The minimum absolute atomic E-state index is 0.304. The zero-order valence-electron chi connectivity index (χ0n) is 6.76. The number of rotatable bonds is 1. The molecule has 0 atom stereocenters. The van der Waals surface area contributed by atoms with Gasteiger partial charge in [0.2, 0.25) is 6.79 Å². The molecule has 1 heterocycles. The molecule has 0 aliphatic carbocycles. The second-order valence-corrected chi connectivity index (χ2v) is 3.06. The molecule has 1 aliphatic rings. The van der Waals surface area contributed by atoms with E-state index < -0.39 is 0 Å². The van der Waals surface area contributed by atoms with Gasteiger partial charge in [-0.15, -0.1) is 0 Å². The SMILES string of the molecule is CCc1cc2c(cc1Cl)OCO2. The highest BCUT2D eigenvalue weighted by molar-refractivity contribution is 6.31. The first-order valence-electron chi connectivity index (χ1n) is 3.89. The standard InChI is InChI=1S/C9H9ClO2/c1-2-6-3-8-9(4-7(6)10)12-5-11-8/h3-4H,2,5H2,1H3. The van der Waals surface area contributed by atoms with Crippen LogP contribution in [0.25, 0.3) is 0 Å². The van der Waals surface area contributed by atoms with Crippen molar-refractivity contribution >= 4 is 11.6 Å². The predicted octanol–water partition coefficient (Wildman–Crippen LogP) is 2.63. The van der Waals surface area contributed by atoms with Crippen molar-refractivity contribution in [1.82, 2.24) is 0 Å². The highest BCUT2D eigenvalue weighted by Gasteiger charge is 2.15. The molecule has 1 aliphatic heterocycles. The maximum atomic E-state index is 5.97. The van der Waals surface area contributed by atoms with Crippen molar-refractivity contribution < 1.29 is 9.47 Å². The van der Waals surface area contributed by atoms with Crippen molar-refractivity contribution in [3.8, 4) is 11.5 Å². The van der Waals surface area contributed by atoms with E-state index in [1.54, 1.807) is 0 Å². The smallest absolute Gasteiger partial charge is 0.231 e. The van der Waals surface area contributed by atoms with Gasteiger partial charge in [-0.05, 0) is 18.1 Å². The Bertz CT molecular complexity index is 309. The van der Waals surface area contributed by atoms with Gasteiger partial charge in [0.05, 0.1) is 0 Å². The number of fused-ring (bicyclic) bond motifs is 1. The molecule has 0 fully saturated rings. The molecule has 2 rings (SSSR count). The average Bonchev–Trinajstić information content (AvgIpc) is 2.49. The molecule has 12 heavy (non-hydrogen) atoms. The van der Waals surface area contributed by atoms with Crippen LogP contribution >= 0.6 is 11.6 Å². The molecule has 2 nitrogen and oxygen atoms in total. The van der Waals surface area contributed by atoms with Gasteiger partial charge in [-0.25, -0.2) is 0 Å². The van der Waals surface area contributed by atoms with E-state index >= 15 is 0 Å². The quantitative estimate of drug-likeness (QED) is 0.668. The summed E-state index contributed by atoms with van der Waals surface area (Å²) in [5, 5.41) is 0.752. The lowest BCUT2D eigenvalue weighted by Gasteiger charge is -2.02. The summed E-state index contributed by atoms with van der Waals surface area (Å²) >= 11 is 5.97. The monoisotopic (exact) mass is 184 g/mol. The molecular formula is C9H9ClO2. The molecule has 1 aromatic carbocycles. The van der Waals surface area contributed by atoms with Crippen molar-refractivity contribution in [3.05, 3.63) is 22.7 Å². The van der Waals surface area contributed by atoms with Gasteiger partial charge in [-0.1, -0.05) is 18.5 Å². The first-order valence-corrected chi connectivity index (χ1v) is 4.27. The van der Waals surface area contributed by atoms with Gasteiger partial charge in [0.1, 0.15) is 0 Å². The van der Waals surface area contributed by atoms with Gasteiger partial charge in [-0.3, -0.25) is 0 Å². The lowest BCUT2D eigenvalue weighted by molar-refractivity contribution is 0.174. The van der Waals surface area contributed by atoms with Gasteiger partial charge in [-0.2, -0.15) is 0 Å². The maximum absolute atomic E-state index is 5.97. The topological polar surface area (TPSA) is 18.5 Å². The Morgan fingerprint density at radius 1 is 1.33 bits per heavy atom. The van der Waals surface area contributed by atoms with Gasteiger partial charge in [0.25, 0.3) is 0 Å². The van der Waals surface area contributed by atoms with E-state index in [2.05, 4.69) is 6.92 Å². The summed E-state index contributed by atoms with van der Waals surface area (Å²) in [6, 6.07) is 3.74. The number of benzene rings is 1. The van der Waals surface area contributed by atoms with E-state index in [9.17, 15) is 0 Å². The molecule has 0 unspecified atom stereocenters. The Labute approximate surface area is 76.1 Å². The molecule has 0 amide bonds. The van der Waals surface area contributed by atoms with E-state index in [-0.39, 0.29) is 0 Å². The third kappa shape index (κ3) is 1.12. The molecule has 0 aromatic heterocycles. The first-order chi connectivity index (χ1) is 5.81. The molecular weight excluding hydrogens is 176 g/mol. The number of hydrogen-bond donors (Lipinski definition) is 0. The Morgan fingerprint density at radius 3 is 2.67 bits per heavy atom. The van der Waals surface area contributed by atoms with Crippen LogP contribution in [0.5, 0.6) is 11.5 Å². The summed E-state index contributed by atoms with van der Waals surface area (Å²) in [5.74, 6) is 1.55. The van der Waals surface area contributed by atoms with Crippen LogP contribution in [0.3, 0.4) is 0 Å². The normalized spacial score (nSPS) is 13.5.